The second-order valence-electron chi connectivity index (χ2n) is 4.30. The van der Waals surface area contributed by atoms with Crippen LogP contribution in [0.1, 0.15) is 37.3 Å². The normalized spacial score (nSPS) is 17.4. The molecule has 16 heavy (non-hydrogen) atoms. The van der Waals surface area contributed by atoms with E-state index in [1.165, 1.54) is 19.3 Å². The van der Waals surface area contributed by atoms with E-state index in [9.17, 15) is 0 Å². The fourth-order valence-electron chi connectivity index (χ4n) is 2.18. The van der Waals surface area contributed by atoms with Gasteiger partial charge in [-0.3, -0.25) is 0 Å². The quantitative estimate of drug-likeness (QED) is 0.724. The molecule has 1 aliphatic carbocycles. The number of nitrogens with one attached hydrogen (secondary N) is 1. The molecule has 3 nitrogen and oxygen atoms in total. The maximum atomic E-state index is 5.74. The summed E-state index contributed by atoms with van der Waals surface area (Å²) in [6, 6.07) is 2.19. The SMILES string of the molecule is NCC(NCCC1=CCCC1)c1ccoc1. The monoisotopic (exact) mass is 220 g/mol. The van der Waals surface area contributed by atoms with Gasteiger partial charge in [-0.05, 0) is 38.3 Å². The average Bonchev–Trinajstić information content (AvgIpc) is 2.96. The Kier molecular flexibility index (Phi) is 4.19. The van der Waals surface area contributed by atoms with Crippen LogP contribution in [-0.2, 0) is 0 Å². The maximum Gasteiger partial charge on any atom is 0.0950 e. The topological polar surface area (TPSA) is 51.2 Å². The molecule has 0 fully saturated rings. The molecule has 1 aromatic rings. The van der Waals surface area contributed by atoms with Crippen molar-refractivity contribution in [1.29, 1.82) is 0 Å². The first-order chi connectivity index (χ1) is 7.90. The molecule has 0 aromatic carbocycles. The van der Waals surface area contributed by atoms with Gasteiger partial charge >= 0.3 is 0 Å². The van der Waals surface area contributed by atoms with E-state index < -0.39 is 0 Å². The van der Waals surface area contributed by atoms with Gasteiger partial charge in [0, 0.05) is 18.2 Å². The van der Waals surface area contributed by atoms with Gasteiger partial charge in [0.2, 0.25) is 0 Å². The smallest absolute Gasteiger partial charge is 0.0950 e. The van der Waals surface area contributed by atoms with E-state index in [0.717, 1.165) is 18.5 Å². The van der Waals surface area contributed by atoms with Crippen molar-refractivity contribution in [2.24, 2.45) is 5.73 Å². The number of hydrogen-bond donors (Lipinski definition) is 2. The molecule has 0 spiro atoms. The van der Waals surface area contributed by atoms with Crippen molar-refractivity contribution in [3.8, 4) is 0 Å². The molecule has 0 saturated heterocycles. The van der Waals surface area contributed by atoms with Crippen LogP contribution in [0.3, 0.4) is 0 Å². The molecule has 1 aromatic heterocycles. The van der Waals surface area contributed by atoms with Gasteiger partial charge < -0.3 is 15.5 Å². The first-order valence-electron chi connectivity index (χ1n) is 6.03. The molecule has 88 valence electrons. The highest BCUT2D eigenvalue weighted by Gasteiger charge is 2.10. The Balaban J connectivity index is 1.75. The molecule has 1 unspecified atom stereocenters. The highest BCUT2D eigenvalue weighted by atomic mass is 16.3. The molecule has 2 rings (SSSR count). The Morgan fingerprint density at radius 1 is 1.50 bits per heavy atom. The Morgan fingerprint density at radius 2 is 2.44 bits per heavy atom. The number of hydrogen-bond acceptors (Lipinski definition) is 3. The van der Waals surface area contributed by atoms with Gasteiger partial charge in [0.1, 0.15) is 0 Å². The summed E-state index contributed by atoms with van der Waals surface area (Å²) in [7, 11) is 0. The van der Waals surface area contributed by atoms with Crippen LogP contribution in [0.15, 0.2) is 34.7 Å². The summed E-state index contributed by atoms with van der Waals surface area (Å²) in [4.78, 5) is 0. The standard InChI is InChI=1S/C13H20N2O/c14-9-13(12-6-8-16-10-12)15-7-5-11-3-1-2-4-11/h3,6,8,10,13,15H,1-2,4-5,7,9,14H2. The minimum Gasteiger partial charge on any atom is -0.472 e. The van der Waals surface area contributed by atoms with Crippen LogP contribution in [0.4, 0.5) is 0 Å². The van der Waals surface area contributed by atoms with Crippen molar-refractivity contribution in [3.63, 3.8) is 0 Å². The van der Waals surface area contributed by atoms with Crippen LogP contribution in [0.25, 0.3) is 0 Å². The fraction of sp³-hybridized carbons (Fsp3) is 0.538. The van der Waals surface area contributed by atoms with E-state index in [-0.39, 0.29) is 6.04 Å². The Morgan fingerprint density at radius 3 is 3.06 bits per heavy atom. The lowest BCUT2D eigenvalue weighted by Crippen LogP contribution is -2.28. The van der Waals surface area contributed by atoms with Gasteiger partial charge in [-0.25, -0.2) is 0 Å². The number of nitrogens with two attached hydrogens (primary N) is 1. The summed E-state index contributed by atoms with van der Waals surface area (Å²) in [5.41, 5.74) is 8.47. The summed E-state index contributed by atoms with van der Waals surface area (Å²) < 4.78 is 5.07. The summed E-state index contributed by atoms with van der Waals surface area (Å²) in [6.07, 6.45) is 10.8. The number of allylic oxidation sites excluding steroid dienone is 1. The third-order valence-electron chi connectivity index (χ3n) is 3.15. The molecule has 0 aliphatic heterocycles. The highest BCUT2D eigenvalue weighted by Crippen LogP contribution is 2.20. The van der Waals surface area contributed by atoms with Crippen molar-refractivity contribution in [1.82, 2.24) is 5.32 Å². The van der Waals surface area contributed by atoms with Crippen LogP contribution >= 0.6 is 0 Å². The second-order valence-corrected chi connectivity index (χ2v) is 4.30. The molecule has 3 heteroatoms. The van der Waals surface area contributed by atoms with Crippen LogP contribution in [0, 0.1) is 0 Å². The fourth-order valence-corrected chi connectivity index (χ4v) is 2.18. The summed E-state index contributed by atoms with van der Waals surface area (Å²) in [5.74, 6) is 0. The van der Waals surface area contributed by atoms with Crippen LogP contribution in [0.5, 0.6) is 0 Å². The molecule has 3 N–H and O–H groups in total. The molecule has 0 amide bonds. The number of furan rings is 1. The van der Waals surface area contributed by atoms with Crippen molar-refractivity contribution in [3.05, 3.63) is 35.8 Å². The summed E-state index contributed by atoms with van der Waals surface area (Å²) >= 11 is 0. The van der Waals surface area contributed by atoms with Crippen LogP contribution < -0.4 is 11.1 Å². The lowest BCUT2D eigenvalue weighted by Gasteiger charge is -2.15. The molecular weight excluding hydrogens is 200 g/mol. The van der Waals surface area contributed by atoms with Gasteiger partial charge in [0.15, 0.2) is 0 Å². The number of rotatable bonds is 6. The minimum absolute atomic E-state index is 0.223. The third-order valence-corrected chi connectivity index (χ3v) is 3.15. The predicted octanol–water partition coefficient (Wildman–Crippen LogP) is 2.37. The lowest BCUT2D eigenvalue weighted by molar-refractivity contribution is 0.521. The van der Waals surface area contributed by atoms with E-state index >= 15 is 0 Å². The Bertz CT molecular complexity index is 330. The molecule has 0 bridgehead atoms. The van der Waals surface area contributed by atoms with Gasteiger partial charge in [-0.15, -0.1) is 0 Å². The Labute approximate surface area is 96.7 Å². The van der Waals surface area contributed by atoms with Gasteiger partial charge in [-0.2, -0.15) is 0 Å². The van der Waals surface area contributed by atoms with Gasteiger partial charge in [0.25, 0.3) is 0 Å². The van der Waals surface area contributed by atoms with E-state index in [1.807, 2.05) is 6.07 Å². The first kappa shape index (κ1) is 11.4. The van der Waals surface area contributed by atoms with Crippen LogP contribution in [-0.4, -0.2) is 13.1 Å². The second kappa shape index (κ2) is 5.87. The van der Waals surface area contributed by atoms with Crippen molar-refractivity contribution < 1.29 is 4.42 Å². The minimum atomic E-state index is 0.223. The van der Waals surface area contributed by atoms with Crippen molar-refractivity contribution in [2.75, 3.05) is 13.1 Å². The molecule has 1 aliphatic rings. The van der Waals surface area contributed by atoms with Crippen molar-refractivity contribution >= 4 is 0 Å². The van der Waals surface area contributed by atoms with Crippen molar-refractivity contribution in [2.45, 2.75) is 31.7 Å². The summed E-state index contributed by atoms with van der Waals surface area (Å²) in [5, 5.41) is 3.47. The van der Waals surface area contributed by atoms with Gasteiger partial charge in [0.05, 0.1) is 12.5 Å². The predicted molar refractivity (Wildman–Crippen MR) is 65.1 cm³/mol. The van der Waals surface area contributed by atoms with E-state index in [1.54, 1.807) is 18.1 Å². The Hall–Kier alpha value is -1.06. The molecule has 0 saturated carbocycles. The zero-order valence-corrected chi connectivity index (χ0v) is 9.61. The van der Waals surface area contributed by atoms with E-state index in [2.05, 4.69) is 11.4 Å². The largest absolute Gasteiger partial charge is 0.472 e. The maximum absolute atomic E-state index is 5.74. The molecule has 1 heterocycles. The van der Waals surface area contributed by atoms with Gasteiger partial charge in [-0.1, -0.05) is 11.6 Å². The van der Waals surface area contributed by atoms with E-state index in [4.69, 9.17) is 10.2 Å². The summed E-state index contributed by atoms with van der Waals surface area (Å²) in [6.45, 7) is 1.61. The lowest BCUT2D eigenvalue weighted by atomic mass is 10.1. The molecular formula is C13H20N2O. The average molecular weight is 220 g/mol. The van der Waals surface area contributed by atoms with Crippen LogP contribution in [0.2, 0.25) is 0 Å². The highest BCUT2D eigenvalue weighted by molar-refractivity contribution is 5.12. The molecule has 1 atom stereocenters. The zero-order chi connectivity index (χ0) is 11.2. The zero-order valence-electron chi connectivity index (χ0n) is 9.61. The van der Waals surface area contributed by atoms with E-state index in [0.29, 0.717) is 6.54 Å². The first-order valence-corrected chi connectivity index (χ1v) is 6.03. The molecule has 0 radical (unpaired) electrons. The third kappa shape index (κ3) is 2.97.